The summed E-state index contributed by atoms with van der Waals surface area (Å²) in [6.07, 6.45) is -0.257. The summed E-state index contributed by atoms with van der Waals surface area (Å²) in [5.41, 5.74) is 0. The van der Waals surface area contributed by atoms with Crippen LogP contribution in [0.1, 0.15) is 12.8 Å². The van der Waals surface area contributed by atoms with Crippen LogP contribution in [0.4, 0.5) is 0 Å². The number of hydrogen-bond donors (Lipinski definition) is 2. The van der Waals surface area contributed by atoms with Gasteiger partial charge in [-0.1, -0.05) is 0 Å². The zero-order valence-electron chi connectivity index (χ0n) is 11.4. The molecule has 20 heavy (non-hydrogen) atoms. The number of rotatable bonds is 8. The molecule has 0 spiro atoms. The first-order chi connectivity index (χ1) is 8.67. The molecule has 7 nitrogen and oxygen atoms in total. The van der Waals surface area contributed by atoms with Gasteiger partial charge < -0.3 is 19.7 Å². The second-order valence-corrected chi connectivity index (χ2v) is 3.97. The Hall–Kier alpha value is 1.70. The summed E-state index contributed by atoms with van der Waals surface area (Å²) in [6, 6.07) is 0. The van der Waals surface area contributed by atoms with Crippen LogP contribution in [0.5, 0.6) is 0 Å². The fourth-order valence-electron chi connectivity index (χ4n) is 1.67. The second kappa shape index (κ2) is 14.3. The van der Waals surface area contributed by atoms with Gasteiger partial charge in [0.2, 0.25) is 6.10 Å². The first-order valence-corrected chi connectivity index (χ1v) is 5.97. The van der Waals surface area contributed by atoms with Crippen LogP contribution in [0, 0.1) is 88.1 Å². The Bertz CT molecular complexity index is 286. The monoisotopic (exact) mass is 715 g/mol. The number of ether oxygens (including phenoxy) is 2. The average Bonchev–Trinajstić information content (AvgIpc) is 2.73. The Morgan fingerprint density at radius 2 is 1.85 bits per heavy atom. The van der Waals surface area contributed by atoms with Crippen molar-refractivity contribution in [3.8, 4) is 0 Å². The normalized spacial score (nSPS) is 17.1. The molecule has 0 saturated carbocycles. The molecule has 1 aliphatic heterocycles. The zero-order valence-corrected chi connectivity index (χ0v) is 20.9. The Labute approximate surface area is 189 Å². The molecule has 110 valence electrons. The summed E-state index contributed by atoms with van der Waals surface area (Å²) in [6.45, 7) is 1.37. The molecule has 1 saturated heterocycles. The van der Waals surface area contributed by atoms with E-state index in [-0.39, 0.29) is 114 Å². The molecule has 1 fully saturated rings. The summed E-state index contributed by atoms with van der Waals surface area (Å²) in [5.74, 6) is -0.967. The average molecular weight is 715 g/mol. The van der Waals surface area contributed by atoms with E-state index in [2.05, 4.69) is 4.74 Å². The van der Waals surface area contributed by atoms with Gasteiger partial charge in [-0.2, -0.15) is 0 Å². The molecule has 2 N–H and O–H groups in total. The van der Waals surface area contributed by atoms with Crippen LogP contribution in [0.3, 0.4) is 0 Å². The minimum atomic E-state index is -0.776. The van der Waals surface area contributed by atoms with Gasteiger partial charge in [-0.15, -0.1) is 0 Å². The maximum absolute atomic E-state index is 11.5. The van der Waals surface area contributed by atoms with Crippen molar-refractivity contribution in [3.05, 3.63) is 0 Å². The number of aliphatic hydroxyl groups is 2. The van der Waals surface area contributed by atoms with Crippen LogP contribution >= 0.6 is 0 Å². The van der Waals surface area contributed by atoms with E-state index in [0.29, 0.717) is 26.1 Å². The second-order valence-electron chi connectivity index (χ2n) is 3.97. The van der Waals surface area contributed by atoms with Gasteiger partial charge in [0, 0.05) is 114 Å². The zero-order chi connectivity index (χ0) is 13.4. The molecule has 0 amide bonds. The quantitative estimate of drug-likeness (QED) is 0.297. The van der Waals surface area contributed by atoms with Crippen molar-refractivity contribution < 1.29 is 117 Å². The van der Waals surface area contributed by atoms with Crippen LogP contribution in [0.15, 0.2) is 0 Å². The predicted molar refractivity (Wildman–Crippen MR) is 60.7 cm³/mol. The topological polar surface area (TPSA) is 96.3 Å². The van der Waals surface area contributed by atoms with Gasteiger partial charge in [0.1, 0.15) is 0 Å². The van der Waals surface area contributed by atoms with Gasteiger partial charge in [-0.25, -0.2) is 4.79 Å². The van der Waals surface area contributed by atoms with Gasteiger partial charge in [0.05, 0.1) is 26.2 Å². The Morgan fingerprint density at radius 3 is 2.30 bits per heavy atom. The molecule has 0 bridgehead atoms. The summed E-state index contributed by atoms with van der Waals surface area (Å²) in [5, 5.41) is 17.6. The summed E-state index contributed by atoms with van der Waals surface area (Å²) in [4.78, 5) is 24.3. The van der Waals surface area contributed by atoms with Crippen LogP contribution < -0.4 is 0 Å². The molecule has 0 aromatic heterocycles. The van der Waals surface area contributed by atoms with E-state index in [1.54, 1.807) is 4.90 Å². The number of aliphatic hydroxyl groups excluding tert-OH is 2. The predicted octanol–water partition coefficient (Wildman–Crippen LogP) is -1.48. The van der Waals surface area contributed by atoms with Crippen molar-refractivity contribution >= 4 is 11.9 Å². The van der Waals surface area contributed by atoms with Crippen LogP contribution in [-0.2, 0) is 19.1 Å². The summed E-state index contributed by atoms with van der Waals surface area (Å²) in [7, 11) is 0. The molecule has 0 aliphatic carbocycles. The molecule has 2 radical (unpaired) electrons. The Morgan fingerprint density at radius 1 is 1.25 bits per heavy atom. The van der Waals surface area contributed by atoms with Gasteiger partial charge in [-0.05, 0) is 0 Å². The van der Waals surface area contributed by atoms with Gasteiger partial charge >= 0.3 is 11.9 Å². The minimum absolute atomic E-state index is 0. The van der Waals surface area contributed by atoms with Gasteiger partial charge in [0.25, 0.3) is 0 Å². The molecule has 0 aromatic carbocycles. The smallest absolute Gasteiger partial charge is 0.347 e. The number of esters is 2. The van der Waals surface area contributed by atoms with Crippen molar-refractivity contribution in [1.82, 2.24) is 4.90 Å². The molecule has 0 aromatic rings. The molecular weight excluding hydrogens is 696 g/mol. The van der Waals surface area contributed by atoms with Crippen molar-refractivity contribution in [3.63, 3.8) is 0 Å². The number of carbonyl (C=O) groups is 2. The molecule has 1 rings (SSSR count). The molecule has 1 unspecified atom stereocenters. The molecule has 1 aliphatic rings. The molecular formula is C11H19Ac2NO6. The van der Waals surface area contributed by atoms with Crippen LogP contribution in [0.2, 0.25) is 0 Å². The minimum Gasteiger partial charge on any atom is -0.463 e. The van der Waals surface area contributed by atoms with Crippen LogP contribution in [-0.4, -0.2) is 72.6 Å². The first kappa shape index (κ1) is 24.0. The summed E-state index contributed by atoms with van der Waals surface area (Å²) >= 11 is 0. The van der Waals surface area contributed by atoms with E-state index in [4.69, 9.17) is 14.9 Å². The third-order valence-electron chi connectivity index (χ3n) is 2.63. The molecule has 1 atom stereocenters. The van der Waals surface area contributed by atoms with E-state index in [0.717, 1.165) is 0 Å². The number of carbonyl (C=O) groups excluding carboxylic acids is 2. The maximum Gasteiger partial charge on any atom is 0.347 e. The largest absolute Gasteiger partial charge is 0.463 e. The number of cyclic esters (lactones) is 1. The fourth-order valence-corrected chi connectivity index (χ4v) is 1.67. The SMILES string of the molecule is O=C(CCN(CCO)CCO)OC1CCOC1=O.[Ac].[Ac]. The van der Waals surface area contributed by atoms with Crippen molar-refractivity contribution in [2.24, 2.45) is 0 Å². The standard InChI is InChI=1S/C11H19NO6.2Ac/c13-6-4-12(5-7-14)3-1-10(15)18-9-2-8-17-11(9)16;;/h9,13-14H,1-8H2;;. The van der Waals surface area contributed by atoms with E-state index in [1.807, 2.05) is 0 Å². The van der Waals surface area contributed by atoms with Gasteiger partial charge in [0.15, 0.2) is 0 Å². The Balaban J connectivity index is 0. The van der Waals surface area contributed by atoms with E-state index < -0.39 is 18.0 Å². The van der Waals surface area contributed by atoms with Gasteiger partial charge in [-0.3, -0.25) is 9.69 Å². The summed E-state index contributed by atoms with van der Waals surface area (Å²) < 4.78 is 9.64. The number of nitrogens with zero attached hydrogens (tertiary/aromatic N) is 1. The van der Waals surface area contributed by atoms with E-state index in [1.165, 1.54) is 0 Å². The fraction of sp³-hybridized carbons (Fsp3) is 0.818. The van der Waals surface area contributed by atoms with Crippen molar-refractivity contribution in [1.29, 1.82) is 0 Å². The molecule has 1 heterocycles. The van der Waals surface area contributed by atoms with Crippen molar-refractivity contribution in [2.75, 3.05) is 39.5 Å². The van der Waals surface area contributed by atoms with E-state index >= 15 is 0 Å². The van der Waals surface area contributed by atoms with Crippen molar-refractivity contribution in [2.45, 2.75) is 18.9 Å². The number of hydrogen-bond acceptors (Lipinski definition) is 7. The maximum atomic E-state index is 11.5. The van der Waals surface area contributed by atoms with E-state index in [9.17, 15) is 9.59 Å². The first-order valence-electron chi connectivity index (χ1n) is 5.97. The third kappa shape index (κ3) is 9.67. The Kier molecular flexibility index (Phi) is 17.1. The third-order valence-corrected chi connectivity index (χ3v) is 2.63. The van der Waals surface area contributed by atoms with Crippen LogP contribution in [0.25, 0.3) is 0 Å². The molecule has 9 heteroatoms.